The lowest BCUT2D eigenvalue weighted by Gasteiger charge is -2.13. The molecule has 1 aromatic carbocycles. The second kappa shape index (κ2) is 7.78. The van der Waals surface area contributed by atoms with Crippen LogP contribution in [-0.2, 0) is 6.54 Å². The number of aromatic nitrogens is 1. The molecule has 2 aromatic rings. The van der Waals surface area contributed by atoms with Gasteiger partial charge in [0.15, 0.2) is 0 Å². The molecule has 0 atom stereocenters. The van der Waals surface area contributed by atoms with Gasteiger partial charge in [0.05, 0.1) is 10.7 Å². The molecule has 21 heavy (non-hydrogen) atoms. The highest BCUT2D eigenvalue weighted by molar-refractivity contribution is 9.10. The first-order chi connectivity index (χ1) is 10.1. The SMILES string of the molecule is CC(C)CNCc1ccncc1Oc1ccc(Cl)cc1Br. The Balaban J connectivity index is 2.12. The van der Waals surface area contributed by atoms with Crippen molar-refractivity contribution in [3.05, 3.63) is 51.7 Å². The highest BCUT2D eigenvalue weighted by Gasteiger charge is 2.08. The first-order valence-corrected chi connectivity index (χ1v) is 8.00. The van der Waals surface area contributed by atoms with Gasteiger partial charge in [0.1, 0.15) is 11.5 Å². The summed E-state index contributed by atoms with van der Waals surface area (Å²) < 4.78 is 6.76. The van der Waals surface area contributed by atoms with Gasteiger partial charge in [0.25, 0.3) is 0 Å². The van der Waals surface area contributed by atoms with Crippen LogP contribution in [0.3, 0.4) is 0 Å². The van der Waals surface area contributed by atoms with Gasteiger partial charge in [-0.15, -0.1) is 0 Å². The maximum absolute atomic E-state index is 5.94. The molecule has 112 valence electrons. The van der Waals surface area contributed by atoms with Crippen molar-refractivity contribution in [2.45, 2.75) is 20.4 Å². The lowest BCUT2D eigenvalue weighted by atomic mass is 10.2. The van der Waals surface area contributed by atoms with Crippen LogP contribution in [0, 0.1) is 5.92 Å². The van der Waals surface area contributed by atoms with Crippen molar-refractivity contribution in [2.24, 2.45) is 5.92 Å². The number of nitrogens with zero attached hydrogens (tertiary/aromatic N) is 1. The zero-order chi connectivity index (χ0) is 15.2. The minimum Gasteiger partial charge on any atom is -0.454 e. The third-order valence-electron chi connectivity index (χ3n) is 2.85. The van der Waals surface area contributed by atoms with Crippen LogP contribution in [0.4, 0.5) is 0 Å². The van der Waals surface area contributed by atoms with Crippen molar-refractivity contribution in [2.75, 3.05) is 6.54 Å². The lowest BCUT2D eigenvalue weighted by Crippen LogP contribution is -2.19. The van der Waals surface area contributed by atoms with E-state index in [9.17, 15) is 0 Å². The molecule has 1 heterocycles. The summed E-state index contributed by atoms with van der Waals surface area (Å²) in [5.74, 6) is 2.08. The molecule has 0 aliphatic heterocycles. The van der Waals surface area contributed by atoms with Gasteiger partial charge in [-0.3, -0.25) is 4.98 Å². The standard InChI is InChI=1S/C16H18BrClN2O/c1-11(2)8-20-9-12-5-6-19-10-16(12)21-15-4-3-13(18)7-14(15)17/h3-7,10-11,20H,8-9H2,1-2H3. The summed E-state index contributed by atoms with van der Waals surface area (Å²) >= 11 is 9.40. The summed E-state index contributed by atoms with van der Waals surface area (Å²) in [5, 5.41) is 4.08. The molecular weight excluding hydrogens is 352 g/mol. The summed E-state index contributed by atoms with van der Waals surface area (Å²) in [7, 11) is 0. The Morgan fingerprint density at radius 3 is 2.81 bits per heavy atom. The van der Waals surface area contributed by atoms with E-state index in [0.717, 1.165) is 34.6 Å². The Morgan fingerprint density at radius 2 is 2.10 bits per heavy atom. The fourth-order valence-electron chi connectivity index (χ4n) is 1.82. The number of pyridine rings is 1. The average Bonchev–Trinajstić information content (AvgIpc) is 2.43. The number of halogens is 2. The molecule has 0 aliphatic carbocycles. The molecule has 0 saturated carbocycles. The van der Waals surface area contributed by atoms with E-state index >= 15 is 0 Å². The predicted octanol–water partition coefficient (Wildman–Crippen LogP) is 5.04. The van der Waals surface area contributed by atoms with Crippen LogP contribution in [-0.4, -0.2) is 11.5 Å². The molecule has 0 fully saturated rings. The highest BCUT2D eigenvalue weighted by Crippen LogP contribution is 2.32. The van der Waals surface area contributed by atoms with Crippen LogP contribution in [0.15, 0.2) is 41.1 Å². The number of ether oxygens (including phenoxy) is 1. The quantitative estimate of drug-likeness (QED) is 0.775. The predicted molar refractivity (Wildman–Crippen MR) is 90.0 cm³/mol. The molecule has 0 amide bonds. The Kier molecular flexibility index (Phi) is 6.03. The molecule has 1 N–H and O–H groups in total. The van der Waals surface area contributed by atoms with Gasteiger partial charge in [-0.25, -0.2) is 0 Å². The summed E-state index contributed by atoms with van der Waals surface area (Å²) in [4.78, 5) is 4.14. The zero-order valence-corrected chi connectivity index (χ0v) is 14.4. The van der Waals surface area contributed by atoms with Crippen molar-refractivity contribution in [1.29, 1.82) is 0 Å². The van der Waals surface area contributed by atoms with E-state index < -0.39 is 0 Å². The normalized spacial score (nSPS) is 10.9. The van der Waals surface area contributed by atoms with Crippen molar-refractivity contribution in [3.8, 4) is 11.5 Å². The van der Waals surface area contributed by atoms with E-state index in [1.165, 1.54) is 0 Å². The van der Waals surface area contributed by atoms with Crippen LogP contribution in [0.1, 0.15) is 19.4 Å². The largest absolute Gasteiger partial charge is 0.454 e. The molecule has 0 unspecified atom stereocenters. The summed E-state index contributed by atoms with van der Waals surface area (Å²) in [5.41, 5.74) is 1.08. The van der Waals surface area contributed by atoms with E-state index in [4.69, 9.17) is 16.3 Å². The molecule has 3 nitrogen and oxygen atoms in total. The minimum absolute atomic E-state index is 0.613. The van der Waals surface area contributed by atoms with Gasteiger partial charge >= 0.3 is 0 Å². The zero-order valence-electron chi connectivity index (χ0n) is 12.1. The van der Waals surface area contributed by atoms with E-state index in [0.29, 0.717) is 10.9 Å². The Labute approximate surface area is 138 Å². The monoisotopic (exact) mass is 368 g/mol. The fraction of sp³-hybridized carbons (Fsp3) is 0.312. The van der Waals surface area contributed by atoms with Gasteiger partial charge in [0.2, 0.25) is 0 Å². The molecule has 1 aromatic heterocycles. The van der Waals surface area contributed by atoms with Crippen LogP contribution in [0.5, 0.6) is 11.5 Å². The maximum atomic E-state index is 5.94. The van der Waals surface area contributed by atoms with Crippen molar-refractivity contribution in [1.82, 2.24) is 10.3 Å². The van der Waals surface area contributed by atoms with Gasteiger partial charge < -0.3 is 10.1 Å². The molecule has 0 bridgehead atoms. The lowest BCUT2D eigenvalue weighted by molar-refractivity contribution is 0.464. The number of hydrogen-bond acceptors (Lipinski definition) is 3. The van der Waals surface area contributed by atoms with Crippen molar-refractivity contribution >= 4 is 27.5 Å². The van der Waals surface area contributed by atoms with E-state index in [-0.39, 0.29) is 0 Å². The first-order valence-electron chi connectivity index (χ1n) is 6.82. The topological polar surface area (TPSA) is 34.2 Å². The highest BCUT2D eigenvalue weighted by atomic mass is 79.9. The van der Waals surface area contributed by atoms with Crippen LogP contribution in [0.25, 0.3) is 0 Å². The van der Waals surface area contributed by atoms with Crippen LogP contribution < -0.4 is 10.1 Å². The molecular formula is C16H18BrClN2O. The second-order valence-corrected chi connectivity index (χ2v) is 6.48. The van der Waals surface area contributed by atoms with Crippen molar-refractivity contribution < 1.29 is 4.74 Å². The summed E-state index contributed by atoms with van der Waals surface area (Å²) in [6.07, 6.45) is 3.50. The molecule has 0 aliphatic rings. The number of nitrogens with one attached hydrogen (secondary N) is 1. The smallest absolute Gasteiger partial charge is 0.150 e. The fourth-order valence-corrected chi connectivity index (χ4v) is 2.58. The summed E-state index contributed by atoms with van der Waals surface area (Å²) in [6, 6.07) is 7.41. The van der Waals surface area contributed by atoms with E-state index in [1.807, 2.05) is 18.2 Å². The molecule has 5 heteroatoms. The average molecular weight is 370 g/mol. The van der Waals surface area contributed by atoms with E-state index in [2.05, 4.69) is 40.1 Å². The first kappa shape index (κ1) is 16.3. The van der Waals surface area contributed by atoms with Crippen LogP contribution >= 0.6 is 27.5 Å². The Bertz CT molecular complexity index is 605. The molecule has 2 rings (SSSR count). The molecule has 0 spiro atoms. The van der Waals surface area contributed by atoms with Gasteiger partial charge in [-0.1, -0.05) is 25.4 Å². The third kappa shape index (κ3) is 4.99. The third-order valence-corrected chi connectivity index (χ3v) is 3.71. The summed E-state index contributed by atoms with van der Waals surface area (Å²) in [6.45, 7) is 6.08. The number of rotatable bonds is 6. The van der Waals surface area contributed by atoms with Crippen molar-refractivity contribution in [3.63, 3.8) is 0 Å². The minimum atomic E-state index is 0.613. The van der Waals surface area contributed by atoms with Gasteiger partial charge in [0, 0.05) is 23.3 Å². The second-order valence-electron chi connectivity index (χ2n) is 5.18. The van der Waals surface area contributed by atoms with Gasteiger partial charge in [-0.2, -0.15) is 0 Å². The Morgan fingerprint density at radius 1 is 1.29 bits per heavy atom. The Hall–Kier alpha value is -1.10. The molecule has 0 radical (unpaired) electrons. The molecule has 0 saturated heterocycles. The number of hydrogen-bond donors (Lipinski definition) is 1. The van der Waals surface area contributed by atoms with Crippen LogP contribution in [0.2, 0.25) is 5.02 Å². The van der Waals surface area contributed by atoms with Gasteiger partial charge in [-0.05, 0) is 52.7 Å². The van der Waals surface area contributed by atoms with E-state index in [1.54, 1.807) is 18.5 Å². The maximum Gasteiger partial charge on any atom is 0.150 e. The number of benzene rings is 1.